The van der Waals surface area contributed by atoms with Crippen LogP contribution in [0.25, 0.3) is 17.1 Å². The predicted molar refractivity (Wildman–Crippen MR) is 117 cm³/mol. The largest absolute Gasteiger partial charge is 0.461 e. The molecule has 30 heavy (non-hydrogen) atoms. The van der Waals surface area contributed by atoms with E-state index in [4.69, 9.17) is 4.74 Å². The summed E-state index contributed by atoms with van der Waals surface area (Å²) in [5, 5.41) is 12.1. The Balaban J connectivity index is 1.63. The molecular formula is C21H19N5O2S2. The van der Waals surface area contributed by atoms with Crippen LogP contribution in [-0.4, -0.2) is 37.3 Å². The van der Waals surface area contributed by atoms with Crippen LogP contribution in [0.2, 0.25) is 0 Å². The van der Waals surface area contributed by atoms with Gasteiger partial charge < -0.3 is 4.74 Å². The van der Waals surface area contributed by atoms with E-state index in [-0.39, 0.29) is 0 Å². The number of hydrogen-bond acceptors (Lipinski definition) is 8. The van der Waals surface area contributed by atoms with E-state index in [0.29, 0.717) is 18.1 Å². The first-order valence-electron chi connectivity index (χ1n) is 9.33. The maximum absolute atomic E-state index is 11.8. The second kappa shape index (κ2) is 9.19. The van der Waals surface area contributed by atoms with Crippen molar-refractivity contribution in [2.24, 2.45) is 0 Å². The summed E-state index contributed by atoms with van der Waals surface area (Å²) < 4.78 is 7.02. The number of ether oxygens (including phenoxy) is 1. The van der Waals surface area contributed by atoms with Gasteiger partial charge in [-0.15, -0.1) is 21.5 Å². The molecular weight excluding hydrogens is 418 g/mol. The topological polar surface area (TPSA) is 82.8 Å². The van der Waals surface area contributed by atoms with Crippen LogP contribution in [0, 0.1) is 6.92 Å². The number of pyridine rings is 1. The molecule has 0 spiro atoms. The van der Waals surface area contributed by atoms with E-state index in [1.165, 1.54) is 28.7 Å². The Morgan fingerprint density at radius 3 is 2.77 bits per heavy atom. The van der Waals surface area contributed by atoms with E-state index >= 15 is 0 Å². The number of aromatic nitrogens is 5. The van der Waals surface area contributed by atoms with Crippen molar-refractivity contribution in [3.05, 3.63) is 70.4 Å². The summed E-state index contributed by atoms with van der Waals surface area (Å²) in [6.07, 6.45) is 3.50. The average Bonchev–Trinajstić information content (AvgIpc) is 3.41. The Bertz CT molecular complexity index is 1140. The minimum absolute atomic E-state index is 0.331. The van der Waals surface area contributed by atoms with E-state index in [2.05, 4.69) is 39.2 Å². The lowest BCUT2D eigenvalue weighted by molar-refractivity contribution is 0.0520. The molecule has 9 heteroatoms. The second-order valence-corrected chi connectivity index (χ2v) is 8.24. The van der Waals surface area contributed by atoms with Gasteiger partial charge in [0.1, 0.15) is 5.01 Å². The Morgan fingerprint density at radius 1 is 1.20 bits per heavy atom. The molecule has 3 aromatic heterocycles. The number of aryl methyl sites for hydroxylation is 1. The molecule has 0 aliphatic rings. The van der Waals surface area contributed by atoms with Gasteiger partial charge in [-0.2, -0.15) is 0 Å². The molecule has 0 amide bonds. The first kappa shape index (κ1) is 20.2. The fraction of sp³-hybridized carbons (Fsp3) is 0.190. The van der Waals surface area contributed by atoms with Gasteiger partial charge in [0.25, 0.3) is 0 Å². The number of carbonyl (C=O) groups is 1. The molecule has 0 atom stereocenters. The summed E-state index contributed by atoms with van der Waals surface area (Å²) in [5.74, 6) is 0.897. The van der Waals surface area contributed by atoms with E-state index < -0.39 is 5.97 Å². The van der Waals surface area contributed by atoms with E-state index in [0.717, 1.165) is 27.2 Å². The van der Waals surface area contributed by atoms with Crippen molar-refractivity contribution in [3.63, 3.8) is 0 Å². The zero-order valence-electron chi connectivity index (χ0n) is 16.5. The maximum atomic E-state index is 11.8. The van der Waals surface area contributed by atoms with Gasteiger partial charge in [0.15, 0.2) is 16.7 Å². The molecule has 0 saturated heterocycles. The summed E-state index contributed by atoms with van der Waals surface area (Å²) in [4.78, 5) is 20.4. The minimum Gasteiger partial charge on any atom is -0.461 e. The third kappa shape index (κ3) is 4.42. The molecule has 0 unspecified atom stereocenters. The summed E-state index contributed by atoms with van der Waals surface area (Å²) in [5.41, 5.74) is 3.38. The quantitative estimate of drug-likeness (QED) is 0.309. The van der Waals surface area contributed by atoms with Gasteiger partial charge in [0.05, 0.1) is 12.4 Å². The molecule has 0 saturated carbocycles. The maximum Gasteiger partial charge on any atom is 0.357 e. The molecule has 4 aromatic rings. The second-order valence-electron chi connectivity index (χ2n) is 6.35. The number of hydrogen-bond donors (Lipinski definition) is 0. The normalized spacial score (nSPS) is 10.9. The van der Waals surface area contributed by atoms with Gasteiger partial charge in [-0.3, -0.25) is 9.55 Å². The number of thiazole rings is 1. The number of benzene rings is 1. The Kier molecular flexibility index (Phi) is 6.20. The summed E-state index contributed by atoms with van der Waals surface area (Å²) >= 11 is 2.95. The molecule has 0 aliphatic carbocycles. The van der Waals surface area contributed by atoms with Crippen LogP contribution in [0.1, 0.15) is 28.0 Å². The highest BCUT2D eigenvalue weighted by Gasteiger charge is 2.18. The number of esters is 1. The molecule has 0 aliphatic heterocycles. The Labute approximate surface area is 182 Å². The van der Waals surface area contributed by atoms with Crippen molar-refractivity contribution in [2.75, 3.05) is 6.61 Å². The van der Waals surface area contributed by atoms with Crippen molar-refractivity contribution in [1.82, 2.24) is 24.7 Å². The smallest absolute Gasteiger partial charge is 0.357 e. The van der Waals surface area contributed by atoms with Crippen molar-refractivity contribution >= 4 is 29.1 Å². The zero-order valence-corrected chi connectivity index (χ0v) is 18.1. The number of carbonyl (C=O) groups excluding carboxylic acids is 1. The predicted octanol–water partition coefficient (Wildman–Crippen LogP) is 4.56. The van der Waals surface area contributed by atoms with Crippen LogP contribution in [0.15, 0.2) is 59.3 Å². The third-order valence-electron chi connectivity index (χ3n) is 4.21. The zero-order chi connectivity index (χ0) is 20.9. The fourth-order valence-corrected chi connectivity index (χ4v) is 4.51. The van der Waals surface area contributed by atoms with Crippen molar-refractivity contribution in [1.29, 1.82) is 0 Å². The van der Waals surface area contributed by atoms with Crippen molar-refractivity contribution in [3.8, 4) is 17.1 Å². The van der Waals surface area contributed by atoms with Gasteiger partial charge in [0, 0.05) is 29.0 Å². The van der Waals surface area contributed by atoms with Gasteiger partial charge in [-0.05, 0) is 38.1 Å². The molecule has 0 N–H and O–H groups in total. The van der Waals surface area contributed by atoms with E-state index in [1.54, 1.807) is 24.7 Å². The number of thioether (sulfide) groups is 1. The monoisotopic (exact) mass is 437 g/mol. The number of rotatable bonds is 7. The van der Waals surface area contributed by atoms with Gasteiger partial charge in [-0.25, -0.2) is 9.78 Å². The minimum atomic E-state index is -0.397. The standard InChI is InChI=1S/C21H19N5O2S2/c1-3-28-20(27)17-12-29-18(23-17)13-30-21-25-24-19(15-5-4-10-22-11-15)26(21)16-8-6-14(2)7-9-16/h4-12H,3,13H2,1-2H3. The van der Waals surface area contributed by atoms with E-state index in [1.807, 2.05) is 28.8 Å². The lowest BCUT2D eigenvalue weighted by Gasteiger charge is -2.10. The molecule has 0 bridgehead atoms. The molecule has 0 radical (unpaired) electrons. The highest BCUT2D eigenvalue weighted by atomic mass is 32.2. The van der Waals surface area contributed by atoms with Gasteiger partial charge >= 0.3 is 5.97 Å². The lowest BCUT2D eigenvalue weighted by atomic mass is 10.2. The Morgan fingerprint density at radius 2 is 2.03 bits per heavy atom. The summed E-state index contributed by atoms with van der Waals surface area (Å²) in [7, 11) is 0. The van der Waals surface area contributed by atoms with Crippen molar-refractivity contribution < 1.29 is 9.53 Å². The average molecular weight is 438 g/mol. The Hall–Kier alpha value is -3.04. The van der Waals surface area contributed by atoms with Gasteiger partial charge in [0.2, 0.25) is 0 Å². The summed E-state index contributed by atoms with van der Waals surface area (Å²) in [6.45, 7) is 4.16. The van der Waals surface area contributed by atoms with E-state index in [9.17, 15) is 4.79 Å². The molecule has 0 fully saturated rings. The van der Waals surface area contributed by atoms with Crippen LogP contribution in [-0.2, 0) is 10.5 Å². The fourth-order valence-electron chi connectivity index (χ4n) is 2.77. The molecule has 4 rings (SSSR count). The highest BCUT2D eigenvalue weighted by Crippen LogP contribution is 2.30. The lowest BCUT2D eigenvalue weighted by Crippen LogP contribution is -2.05. The first-order valence-corrected chi connectivity index (χ1v) is 11.2. The molecule has 3 heterocycles. The van der Waals surface area contributed by atoms with Crippen LogP contribution in [0.4, 0.5) is 0 Å². The molecule has 152 valence electrons. The SMILES string of the molecule is CCOC(=O)c1csc(CSc2nnc(-c3cccnc3)n2-c2ccc(C)cc2)n1. The summed E-state index contributed by atoms with van der Waals surface area (Å²) in [6, 6.07) is 12.0. The third-order valence-corrected chi connectivity index (χ3v) is 6.18. The van der Waals surface area contributed by atoms with Crippen molar-refractivity contribution in [2.45, 2.75) is 24.8 Å². The number of nitrogens with zero attached hydrogens (tertiary/aromatic N) is 5. The van der Waals surface area contributed by atoms with Crippen LogP contribution in [0.5, 0.6) is 0 Å². The molecule has 1 aromatic carbocycles. The highest BCUT2D eigenvalue weighted by molar-refractivity contribution is 7.98. The van der Waals surface area contributed by atoms with Crippen LogP contribution in [0.3, 0.4) is 0 Å². The first-order chi connectivity index (χ1) is 14.7. The van der Waals surface area contributed by atoms with Crippen LogP contribution < -0.4 is 0 Å². The van der Waals surface area contributed by atoms with Gasteiger partial charge in [-0.1, -0.05) is 29.5 Å². The molecule has 7 nitrogen and oxygen atoms in total. The van der Waals surface area contributed by atoms with Crippen LogP contribution >= 0.6 is 23.1 Å².